The Morgan fingerprint density at radius 3 is 2.71 bits per heavy atom. The topological polar surface area (TPSA) is 20.2 Å². The SMILES string of the molecule is CC1=CCC(I)(/C=C/CCC(F)CO)C1(C)C. The van der Waals surface area contributed by atoms with Gasteiger partial charge >= 0.3 is 0 Å². The molecule has 2 unspecified atom stereocenters. The molecule has 1 aliphatic rings. The summed E-state index contributed by atoms with van der Waals surface area (Å²) in [7, 11) is 0. The smallest absolute Gasteiger partial charge is 0.123 e. The van der Waals surface area contributed by atoms with E-state index in [2.05, 4.69) is 61.6 Å². The van der Waals surface area contributed by atoms with Crippen molar-refractivity contribution in [2.24, 2.45) is 5.41 Å². The van der Waals surface area contributed by atoms with Gasteiger partial charge in [0.1, 0.15) is 6.17 Å². The number of halogens is 2. The van der Waals surface area contributed by atoms with Gasteiger partial charge in [-0.05, 0) is 26.2 Å². The summed E-state index contributed by atoms with van der Waals surface area (Å²) in [5.41, 5.74) is 1.59. The van der Waals surface area contributed by atoms with E-state index in [1.54, 1.807) is 0 Å². The number of allylic oxidation sites excluding steroid dienone is 4. The Morgan fingerprint density at radius 1 is 1.59 bits per heavy atom. The fraction of sp³-hybridized carbons (Fsp3) is 0.714. The molecule has 0 heterocycles. The second-order valence-electron chi connectivity index (χ2n) is 5.34. The Kier molecular flexibility index (Phi) is 5.20. The highest BCUT2D eigenvalue weighted by Crippen LogP contribution is 2.52. The van der Waals surface area contributed by atoms with E-state index in [-0.39, 0.29) is 15.4 Å². The largest absolute Gasteiger partial charge is 0.393 e. The molecule has 1 N–H and O–H groups in total. The van der Waals surface area contributed by atoms with E-state index in [9.17, 15) is 4.39 Å². The van der Waals surface area contributed by atoms with Crippen LogP contribution in [0.5, 0.6) is 0 Å². The zero-order chi connectivity index (χ0) is 13.1. The van der Waals surface area contributed by atoms with Gasteiger partial charge in [-0.15, -0.1) is 0 Å². The van der Waals surface area contributed by atoms with Crippen LogP contribution in [-0.2, 0) is 0 Å². The minimum absolute atomic E-state index is 0.111. The Morgan fingerprint density at radius 2 is 2.24 bits per heavy atom. The van der Waals surface area contributed by atoms with E-state index in [4.69, 9.17) is 5.11 Å². The minimum atomic E-state index is -1.08. The lowest BCUT2D eigenvalue weighted by Gasteiger charge is -2.36. The minimum Gasteiger partial charge on any atom is -0.393 e. The monoisotopic (exact) mass is 352 g/mol. The number of hydrogen-bond acceptors (Lipinski definition) is 1. The normalized spacial score (nSPS) is 29.6. The standard InChI is InChI=1S/C14H22FIO/c1-11-7-9-14(16,13(11,2)3)8-5-4-6-12(15)10-17/h5,7-8,12,17H,4,6,9-10H2,1-3H3/b8-5+. The van der Waals surface area contributed by atoms with E-state index < -0.39 is 6.17 Å². The van der Waals surface area contributed by atoms with Crippen molar-refractivity contribution in [2.75, 3.05) is 6.61 Å². The Hall–Kier alpha value is 0.1000. The van der Waals surface area contributed by atoms with Crippen molar-refractivity contribution < 1.29 is 9.50 Å². The third-order valence-corrected chi connectivity index (χ3v) is 6.11. The van der Waals surface area contributed by atoms with Gasteiger partial charge in [0.15, 0.2) is 0 Å². The molecule has 98 valence electrons. The van der Waals surface area contributed by atoms with E-state index in [1.165, 1.54) is 5.57 Å². The fourth-order valence-corrected chi connectivity index (χ4v) is 2.95. The molecule has 2 atom stereocenters. The van der Waals surface area contributed by atoms with Crippen LogP contribution in [0.1, 0.15) is 40.0 Å². The third kappa shape index (κ3) is 3.31. The molecular weight excluding hydrogens is 330 g/mol. The molecule has 0 bridgehead atoms. The summed E-state index contributed by atoms with van der Waals surface area (Å²) in [6.07, 6.45) is 7.63. The molecule has 0 aliphatic heterocycles. The lowest BCUT2D eigenvalue weighted by Crippen LogP contribution is -2.33. The van der Waals surface area contributed by atoms with E-state index in [1.807, 2.05) is 0 Å². The lowest BCUT2D eigenvalue weighted by atomic mass is 9.77. The van der Waals surface area contributed by atoms with Crippen molar-refractivity contribution in [3.8, 4) is 0 Å². The van der Waals surface area contributed by atoms with Crippen molar-refractivity contribution in [3.63, 3.8) is 0 Å². The second-order valence-corrected chi connectivity index (χ2v) is 7.26. The van der Waals surface area contributed by atoms with Crippen molar-refractivity contribution in [1.82, 2.24) is 0 Å². The Balaban J connectivity index is 2.54. The highest BCUT2D eigenvalue weighted by Gasteiger charge is 2.44. The molecule has 3 heteroatoms. The van der Waals surface area contributed by atoms with Crippen LogP contribution in [0.4, 0.5) is 4.39 Å². The van der Waals surface area contributed by atoms with Crippen molar-refractivity contribution >= 4 is 22.6 Å². The fourth-order valence-electron chi connectivity index (χ4n) is 2.05. The first-order valence-corrected chi connectivity index (χ1v) is 7.20. The summed E-state index contributed by atoms with van der Waals surface area (Å²) >= 11 is 2.51. The van der Waals surface area contributed by atoms with Crippen molar-refractivity contribution in [2.45, 2.75) is 49.6 Å². The number of hydrogen-bond donors (Lipinski definition) is 1. The van der Waals surface area contributed by atoms with Gasteiger partial charge in [0, 0.05) is 5.41 Å². The van der Waals surface area contributed by atoms with Crippen LogP contribution in [0.2, 0.25) is 0 Å². The van der Waals surface area contributed by atoms with Crippen LogP contribution in [0.15, 0.2) is 23.8 Å². The van der Waals surface area contributed by atoms with Gasteiger partial charge in [0.2, 0.25) is 0 Å². The van der Waals surface area contributed by atoms with Crippen LogP contribution < -0.4 is 0 Å². The van der Waals surface area contributed by atoms with Gasteiger partial charge in [0.25, 0.3) is 0 Å². The van der Waals surface area contributed by atoms with Gasteiger partial charge in [-0.3, -0.25) is 0 Å². The molecule has 0 spiro atoms. The van der Waals surface area contributed by atoms with Crippen molar-refractivity contribution in [1.29, 1.82) is 0 Å². The molecule has 0 radical (unpaired) electrons. The van der Waals surface area contributed by atoms with Gasteiger partial charge < -0.3 is 5.11 Å². The summed E-state index contributed by atoms with van der Waals surface area (Å²) in [5, 5.41) is 8.61. The van der Waals surface area contributed by atoms with Crippen LogP contribution in [0, 0.1) is 5.41 Å². The highest BCUT2D eigenvalue weighted by molar-refractivity contribution is 14.1. The quantitative estimate of drug-likeness (QED) is 0.447. The number of rotatable bonds is 5. The number of aliphatic hydroxyl groups excluding tert-OH is 1. The predicted molar refractivity (Wildman–Crippen MR) is 79.3 cm³/mol. The molecule has 0 saturated carbocycles. The van der Waals surface area contributed by atoms with Gasteiger partial charge in [-0.2, -0.15) is 0 Å². The molecule has 1 aliphatic carbocycles. The summed E-state index contributed by atoms with van der Waals surface area (Å²) in [4.78, 5) is 0. The first-order chi connectivity index (χ1) is 7.83. The maximum atomic E-state index is 12.8. The maximum absolute atomic E-state index is 12.8. The van der Waals surface area contributed by atoms with Crippen LogP contribution in [0.3, 0.4) is 0 Å². The van der Waals surface area contributed by atoms with Gasteiger partial charge in [0.05, 0.1) is 10.0 Å². The number of alkyl halides is 2. The van der Waals surface area contributed by atoms with Crippen LogP contribution in [-0.4, -0.2) is 21.3 Å². The average Bonchev–Trinajstić information content (AvgIpc) is 2.49. The summed E-state index contributed by atoms with van der Waals surface area (Å²) in [6.45, 7) is 6.33. The molecule has 0 aromatic heterocycles. The predicted octanol–water partition coefficient (Wildman–Crippen LogP) is 4.20. The van der Waals surface area contributed by atoms with Crippen LogP contribution >= 0.6 is 22.6 Å². The molecule has 0 amide bonds. The van der Waals surface area contributed by atoms with Gasteiger partial charge in [-0.25, -0.2) is 4.39 Å². The maximum Gasteiger partial charge on any atom is 0.123 e. The molecule has 1 rings (SSSR count). The zero-order valence-electron chi connectivity index (χ0n) is 10.8. The molecule has 0 aromatic carbocycles. The van der Waals surface area contributed by atoms with E-state index >= 15 is 0 Å². The first kappa shape index (κ1) is 15.2. The van der Waals surface area contributed by atoms with E-state index in [0.29, 0.717) is 12.8 Å². The zero-order valence-corrected chi connectivity index (χ0v) is 13.0. The second kappa shape index (κ2) is 5.83. The number of aliphatic hydroxyl groups is 1. The van der Waals surface area contributed by atoms with Gasteiger partial charge in [-0.1, -0.05) is 60.2 Å². The molecule has 17 heavy (non-hydrogen) atoms. The first-order valence-electron chi connectivity index (χ1n) is 6.12. The molecular formula is C14H22FIO. The molecule has 0 aromatic rings. The molecule has 0 fully saturated rings. The van der Waals surface area contributed by atoms with Crippen LogP contribution in [0.25, 0.3) is 0 Å². The lowest BCUT2D eigenvalue weighted by molar-refractivity contribution is 0.171. The summed E-state index contributed by atoms with van der Waals surface area (Å²) in [5.74, 6) is 0. The average molecular weight is 352 g/mol. The third-order valence-electron chi connectivity index (χ3n) is 3.96. The summed E-state index contributed by atoms with van der Waals surface area (Å²) in [6, 6.07) is 0. The molecule has 0 saturated heterocycles. The highest BCUT2D eigenvalue weighted by atomic mass is 127. The Labute approximate surface area is 117 Å². The van der Waals surface area contributed by atoms with Crippen molar-refractivity contribution in [3.05, 3.63) is 23.8 Å². The summed E-state index contributed by atoms with van der Waals surface area (Å²) < 4.78 is 13.0. The molecule has 1 nitrogen and oxygen atoms in total. The van der Waals surface area contributed by atoms with E-state index in [0.717, 1.165) is 6.42 Å². The Bertz CT molecular complexity index is 322.